The average molecular weight is 558 g/mol. The Morgan fingerprint density at radius 3 is 2.65 bits per heavy atom. The maximum absolute atomic E-state index is 13.1. The van der Waals surface area contributed by atoms with E-state index in [2.05, 4.69) is 10.2 Å². The number of likely N-dealkylation sites (tertiary alicyclic amines) is 1. The minimum atomic E-state index is -1.28. The van der Waals surface area contributed by atoms with Crippen LogP contribution in [0.25, 0.3) is 0 Å². The van der Waals surface area contributed by atoms with E-state index in [1.54, 1.807) is 12.1 Å². The van der Waals surface area contributed by atoms with Crippen molar-refractivity contribution in [3.63, 3.8) is 0 Å². The predicted octanol–water partition coefficient (Wildman–Crippen LogP) is 1.02. The summed E-state index contributed by atoms with van der Waals surface area (Å²) >= 11 is 0. The molecule has 1 saturated heterocycles. The van der Waals surface area contributed by atoms with Crippen molar-refractivity contribution in [2.45, 2.75) is 94.7 Å². The number of aromatic hydroxyl groups is 1. The standard InChI is InChI=1S/C29H39N3O8/c1-14(2)12-18(30)25(34)31-15(3)26(35)38-16(4)27(36)39-20-8-9-29(37)21-13-17-6-7-19(33)23-22(17)28(29,24(20)40-23)10-11-32(21)5/h6-8,14-16,18,21,24,33,37H,9-13,30H2,1-5H3,(H,31,34)/t15-,16-,18-,21-,24-,28-,29+/m0/s1. The lowest BCUT2D eigenvalue weighted by Crippen LogP contribution is -2.74. The molecule has 11 heteroatoms. The molecule has 0 aromatic heterocycles. The summed E-state index contributed by atoms with van der Waals surface area (Å²) in [4.78, 5) is 40.1. The average Bonchev–Trinajstić information content (AvgIpc) is 3.24. The van der Waals surface area contributed by atoms with E-state index >= 15 is 0 Å². The topological polar surface area (TPSA) is 161 Å². The van der Waals surface area contributed by atoms with Gasteiger partial charge in [0.2, 0.25) is 5.91 Å². The minimum Gasteiger partial charge on any atom is -0.504 e. The zero-order valence-corrected chi connectivity index (χ0v) is 23.6. The van der Waals surface area contributed by atoms with Gasteiger partial charge in [-0.1, -0.05) is 19.9 Å². The van der Waals surface area contributed by atoms with E-state index in [0.29, 0.717) is 31.6 Å². The number of esters is 2. The fourth-order valence-corrected chi connectivity index (χ4v) is 6.96. The molecule has 1 aromatic rings. The van der Waals surface area contributed by atoms with Crippen molar-refractivity contribution in [2.24, 2.45) is 11.7 Å². The van der Waals surface area contributed by atoms with E-state index < -0.39 is 53.2 Å². The largest absolute Gasteiger partial charge is 0.504 e. The van der Waals surface area contributed by atoms with Gasteiger partial charge in [0, 0.05) is 18.0 Å². The molecule has 4 aliphatic rings. The number of nitrogens with zero attached hydrogens (tertiary/aromatic N) is 1. The van der Waals surface area contributed by atoms with Gasteiger partial charge in [-0.3, -0.25) is 4.79 Å². The van der Waals surface area contributed by atoms with Crippen LogP contribution in [0.3, 0.4) is 0 Å². The Morgan fingerprint density at radius 2 is 1.95 bits per heavy atom. The van der Waals surface area contributed by atoms with Crippen LogP contribution in [0.2, 0.25) is 0 Å². The minimum absolute atomic E-state index is 0.0284. The van der Waals surface area contributed by atoms with Crippen LogP contribution in [0.15, 0.2) is 24.0 Å². The van der Waals surface area contributed by atoms with E-state index in [9.17, 15) is 24.6 Å². The number of hydrogen-bond donors (Lipinski definition) is 4. The van der Waals surface area contributed by atoms with Gasteiger partial charge in [-0.15, -0.1) is 0 Å². The van der Waals surface area contributed by atoms with E-state index in [0.717, 1.165) is 11.1 Å². The van der Waals surface area contributed by atoms with Crippen LogP contribution in [0.4, 0.5) is 0 Å². The van der Waals surface area contributed by atoms with Crippen molar-refractivity contribution in [3.8, 4) is 11.5 Å². The van der Waals surface area contributed by atoms with Crippen molar-refractivity contribution in [3.05, 3.63) is 35.1 Å². The maximum Gasteiger partial charge on any atom is 0.352 e. The molecule has 2 aliphatic heterocycles. The summed E-state index contributed by atoms with van der Waals surface area (Å²) in [5.74, 6) is -1.39. The molecule has 0 radical (unpaired) electrons. The first-order valence-electron chi connectivity index (χ1n) is 13.9. The van der Waals surface area contributed by atoms with Gasteiger partial charge in [-0.25, -0.2) is 9.59 Å². The van der Waals surface area contributed by atoms with Crippen LogP contribution in [0, 0.1) is 5.92 Å². The number of benzene rings is 1. The molecule has 2 heterocycles. The number of nitrogens with two attached hydrogens (primary N) is 1. The molecule has 1 amide bonds. The van der Waals surface area contributed by atoms with Crippen LogP contribution in [0.1, 0.15) is 58.1 Å². The quantitative estimate of drug-likeness (QED) is 0.340. The Balaban J connectivity index is 1.31. The number of rotatable bonds is 8. The Hall–Kier alpha value is -3.15. The lowest BCUT2D eigenvalue weighted by Gasteiger charge is -2.61. The van der Waals surface area contributed by atoms with Crippen LogP contribution in [0.5, 0.6) is 11.5 Å². The lowest BCUT2D eigenvalue weighted by molar-refractivity contribution is -0.176. The van der Waals surface area contributed by atoms with Crippen LogP contribution in [-0.2, 0) is 35.7 Å². The summed E-state index contributed by atoms with van der Waals surface area (Å²) in [5.41, 5.74) is 5.58. The second kappa shape index (κ2) is 10.0. The summed E-state index contributed by atoms with van der Waals surface area (Å²) in [6.45, 7) is 7.42. The van der Waals surface area contributed by atoms with Crippen LogP contribution in [-0.4, -0.2) is 82.5 Å². The van der Waals surface area contributed by atoms with Gasteiger partial charge < -0.3 is 40.4 Å². The van der Waals surface area contributed by atoms with Gasteiger partial charge in [0.15, 0.2) is 23.7 Å². The highest BCUT2D eigenvalue weighted by Gasteiger charge is 2.72. The van der Waals surface area contributed by atoms with Gasteiger partial charge in [0.25, 0.3) is 0 Å². The molecular formula is C29H39N3O8. The molecule has 7 atom stereocenters. The summed E-state index contributed by atoms with van der Waals surface area (Å²) in [6, 6.07) is 1.51. The number of ether oxygens (including phenoxy) is 3. The SMILES string of the molecule is CC(C)C[C@H](N)C(=O)N[C@@H](C)C(=O)O[C@@H](C)C(=O)OC1=CC[C@@]2(O)[C@@H]3Cc4ccc(O)c5c4[C@@]2(CCN3C)[C@H]1O5. The van der Waals surface area contributed by atoms with Gasteiger partial charge in [-0.05, 0) is 70.3 Å². The Labute approximate surface area is 233 Å². The second-order valence-corrected chi connectivity index (χ2v) is 12.1. The van der Waals surface area contributed by atoms with E-state index in [-0.39, 0.29) is 29.9 Å². The first-order valence-corrected chi connectivity index (χ1v) is 13.9. The molecule has 5 rings (SSSR count). The number of piperidine rings is 1. The lowest BCUT2D eigenvalue weighted by atomic mass is 9.50. The first kappa shape index (κ1) is 28.4. The molecular weight excluding hydrogens is 518 g/mol. The van der Waals surface area contributed by atoms with Crippen molar-refractivity contribution in [2.75, 3.05) is 13.6 Å². The number of hydrogen-bond acceptors (Lipinski definition) is 10. The van der Waals surface area contributed by atoms with Gasteiger partial charge in [0.05, 0.1) is 17.1 Å². The summed E-state index contributed by atoms with van der Waals surface area (Å²) in [7, 11) is 1.99. The fourth-order valence-electron chi connectivity index (χ4n) is 6.96. The molecule has 0 unspecified atom stereocenters. The molecule has 218 valence electrons. The van der Waals surface area contributed by atoms with Crippen LogP contribution < -0.4 is 15.8 Å². The molecule has 40 heavy (non-hydrogen) atoms. The molecule has 0 saturated carbocycles. The summed E-state index contributed by atoms with van der Waals surface area (Å²) in [5, 5.41) is 25.3. The van der Waals surface area contributed by atoms with Crippen molar-refractivity contribution < 1.29 is 38.8 Å². The number of aliphatic hydroxyl groups is 1. The van der Waals surface area contributed by atoms with E-state index in [1.807, 2.05) is 27.0 Å². The summed E-state index contributed by atoms with van der Waals surface area (Å²) in [6.07, 6.45) is 1.39. The number of carbonyl (C=O) groups is 3. The molecule has 1 fully saturated rings. The van der Waals surface area contributed by atoms with Gasteiger partial charge >= 0.3 is 11.9 Å². The number of phenolic OH excluding ortho intramolecular Hbond substituents is 1. The Morgan fingerprint density at radius 1 is 1.23 bits per heavy atom. The Bertz CT molecular complexity index is 1260. The second-order valence-electron chi connectivity index (χ2n) is 12.1. The van der Waals surface area contributed by atoms with Crippen LogP contribution >= 0.6 is 0 Å². The normalized spacial score (nSPS) is 30.4. The smallest absolute Gasteiger partial charge is 0.352 e. The number of phenols is 1. The highest BCUT2D eigenvalue weighted by Crippen LogP contribution is 2.65. The maximum atomic E-state index is 13.1. The number of likely N-dealkylation sites (N-methyl/N-ethyl adjacent to an activating group) is 1. The molecule has 1 aromatic carbocycles. The van der Waals surface area contributed by atoms with E-state index in [1.165, 1.54) is 13.8 Å². The molecule has 2 aliphatic carbocycles. The number of carbonyl (C=O) groups excluding carboxylic acids is 3. The zero-order chi connectivity index (χ0) is 29.1. The van der Waals surface area contributed by atoms with Crippen molar-refractivity contribution >= 4 is 17.8 Å². The molecule has 5 N–H and O–H groups in total. The number of amides is 1. The fraction of sp³-hybridized carbons (Fsp3) is 0.621. The summed E-state index contributed by atoms with van der Waals surface area (Å²) < 4.78 is 17.3. The highest BCUT2D eigenvalue weighted by molar-refractivity contribution is 5.88. The molecule has 2 bridgehead atoms. The molecule has 11 nitrogen and oxygen atoms in total. The molecule has 1 spiro atoms. The van der Waals surface area contributed by atoms with Crippen molar-refractivity contribution in [1.29, 1.82) is 0 Å². The number of nitrogens with one attached hydrogen (secondary N) is 1. The third kappa shape index (κ3) is 4.26. The highest BCUT2D eigenvalue weighted by atomic mass is 16.6. The zero-order valence-electron chi connectivity index (χ0n) is 23.6. The third-order valence-electron chi connectivity index (χ3n) is 8.97. The van der Waals surface area contributed by atoms with Gasteiger partial charge in [0.1, 0.15) is 11.8 Å². The van der Waals surface area contributed by atoms with Crippen molar-refractivity contribution in [1.82, 2.24) is 10.2 Å². The Kier molecular flexibility index (Phi) is 7.12. The van der Waals surface area contributed by atoms with E-state index in [4.69, 9.17) is 19.9 Å². The predicted molar refractivity (Wildman–Crippen MR) is 143 cm³/mol. The third-order valence-corrected chi connectivity index (χ3v) is 8.97. The monoisotopic (exact) mass is 557 g/mol. The first-order chi connectivity index (χ1) is 18.8. The van der Waals surface area contributed by atoms with Gasteiger partial charge in [-0.2, -0.15) is 0 Å².